The van der Waals surface area contributed by atoms with Crippen molar-refractivity contribution in [2.45, 2.75) is 71.7 Å². The molecule has 1 saturated carbocycles. The zero-order chi connectivity index (χ0) is 29.5. The van der Waals surface area contributed by atoms with Gasteiger partial charge in [-0.1, -0.05) is 18.2 Å². The molecular weight excluding hydrogens is 528 g/mol. The number of aliphatic hydroxyl groups excluding tert-OH is 1. The number of hydrogen-bond acceptors (Lipinski definition) is 11. The van der Waals surface area contributed by atoms with Gasteiger partial charge < -0.3 is 23.9 Å². The molecule has 0 radical (unpaired) electrons. The molecule has 3 atom stereocenters. The minimum absolute atomic E-state index is 0.0199. The number of carbonyl (C=O) groups is 2. The number of carbonyl (C=O) groups excluding carboxylic acids is 2. The molecule has 1 aliphatic heterocycles. The van der Waals surface area contributed by atoms with Gasteiger partial charge in [-0.15, -0.1) is 10.2 Å². The summed E-state index contributed by atoms with van der Waals surface area (Å²) in [6, 6.07) is 9.20. The third kappa shape index (κ3) is 6.32. The molecule has 0 spiro atoms. The summed E-state index contributed by atoms with van der Waals surface area (Å²) in [7, 11) is 0. The fourth-order valence-corrected chi connectivity index (χ4v) is 5.14. The van der Waals surface area contributed by atoms with Crippen LogP contribution in [0.2, 0.25) is 0 Å². The SMILES string of the molecule is CC(C)(C)OC(=O)N(C(=O)OC(C)(C)C)c1ncc(N2CC3CCC(O)C3C2)nc1-c1nnc(-c2ccccc2)o1. The Labute approximate surface area is 238 Å². The molecule has 1 saturated heterocycles. The van der Waals surface area contributed by atoms with E-state index in [2.05, 4.69) is 15.2 Å². The summed E-state index contributed by atoms with van der Waals surface area (Å²) in [4.78, 5) is 38.9. The van der Waals surface area contributed by atoms with Gasteiger partial charge in [0.25, 0.3) is 5.89 Å². The topological polar surface area (TPSA) is 144 Å². The van der Waals surface area contributed by atoms with E-state index in [-0.39, 0.29) is 35.3 Å². The summed E-state index contributed by atoms with van der Waals surface area (Å²) in [5.41, 5.74) is -1.12. The number of hydrogen-bond donors (Lipinski definition) is 1. The van der Waals surface area contributed by atoms with Gasteiger partial charge in [-0.25, -0.2) is 19.6 Å². The molecule has 1 aliphatic carbocycles. The fourth-order valence-electron chi connectivity index (χ4n) is 5.14. The fraction of sp³-hybridized carbons (Fsp3) is 0.517. The van der Waals surface area contributed by atoms with Crippen LogP contribution in [0.1, 0.15) is 54.4 Å². The Kier molecular flexibility index (Phi) is 7.45. The molecule has 2 aromatic heterocycles. The predicted molar refractivity (Wildman–Crippen MR) is 150 cm³/mol. The minimum atomic E-state index is -0.989. The molecule has 1 aromatic carbocycles. The zero-order valence-electron chi connectivity index (χ0n) is 24.2. The van der Waals surface area contributed by atoms with Crippen molar-refractivity contribution < 1.29 is 28.6 Å². The van der Waals surface area contributed by atoms with Gasteiger partial charge >= 0.3 is 12.2 Å². The van der Waals surface area contributed by atoms with Crippen LogP contribution in [0.4, 0.5) is 21.2 Å². The highest BCUT2D eigenvalue weighted by Crippen LogP contribution is 2.40. The second-order valence-corrected chi connectivity index (χ2v) is 12.4. The molecule has 3 aromatic rings. The maximum absolute atomic E-state index is 13.4. The van der Waals surface area contributed by atoms with E-state index in [0.717, 1.165) is 12.8 Å². The largest absolute Gasteiger partial charge is 0.443 e. The molecule has 1 N–H and O–H groups in total. The van der Waals surface area contributed by atoms with Crippen LogP contribution >= 0.6 is 0 Å². The van der Waals surface area contributed by atoms with Crippen LogP contribution in [-0.2, 0) is 9.47 Å². The molecule has 0 bridgehead atoms. The normalized spacial score (nSPS) is 20.6. The molecule has 218 valence electrons. The number of fused-ring (bicyclic) bond motifs is 1. The number of benzene rings is 1. The first kappa shape index (κ1) is 28.5. The second-order valence-electron chi connectivity index (χ2n) is 12.4. The average Bonchev–Trinajstić information content (AvgIpc) is 3.61. The molecular formula is C29H36N6O6. The van der Waals surface area contributed by atoms with Gasteiger partial charge in [0, 0.05) is 24.6 Å². The molecule has 12 heteroatoms. The van der Waals surface area contributed by atoms with Crippen molar-refractivity contribution in [1.29, 1.82) is 0 Å². The Morgan fingerprint density at radius 3 is 2.20 bits per heavy atom. The molecule has 3 unspecified atom stereocenters. The minimum Gasteiger partial charge on any atom is -0.443 e. The quantitative estimate of drug-likeness (QED) is 0.453. The number of rotatable bonds is 4. The number of amides is 2. The van der Waals surface area contributed by atoms with E-state index in [0.29, 0.717) is 35.3 Å². The summed E-state index contributed by atoms with van der Waals surface area (Å²) < 4.78 is 17.1. The summed E-state index contributed by atoms with van der Waals surface area (Å²) >= 11 is 0. The van der Waals surface area contributed by atoms with Crippen LogP contribution in [0.3, 0.4) is 0 Å². The van der Waals surface area contributed by atoms with Crippen molar-refractivity contribution in [3.8, 4) is 23.0 Å². The van der Waals surface area contributed by atoms with Gasteiger partial charge in [0.15, 0.2) is 11.5 Å². The summed E-state index contributed by atoms with van der Waals surface area (Å²) in [6.45, 7) is 11.5. The molecule has 5 rings (SSSR count). The van der Waals surface area contributed by atoms with E-state index in [1.165, 1.54) is 6.20 Å². The van der Waals surface area contributed by atoms with Crippen LogP contribution in [0.5, 0.6) is 0 Å². The van der Waals surface area contributed by atoms with Crippen LogP contribution in [0, 0.1) is 11.8 Å². The number of imide groups is 1. The monoisotopic (exact) mass is 564 g/mol. The zero-order valence-corrected chi connectivity index (χ0v) is 24.2. The molecule has 2 fully saturated rings. The van der Waals surface area contributed by atoms with Crippen molar-refractivity contribution in [3.05, 3.63) is 36.5 Å². The van der Waals surface area contributed by atoms with Crippen LogP contribution in [-0.4, -0.2) is 67.9 Å². The highest BCUT2D eigenvalue weighted by molar-refractivity contribution is 6.10. The van der Waals surface area contributed by atoms with Crippen LogP contribution < -0.4 is 9.80 Å². The molecule has 2 amide bonds. The lowest BCUT2D eigenvalue weighted by molar-refractivity contribution is 0.0429. The molecule has 3 heterocycles. The van der Waals surface area contributed by atoms with E-state index in [1.54, 1.807) is 41.5 Å². The Hall–Kier alpha value is -4.06. The van der Waals surface area contributed by atoms with Gasteiger partial charge in [0.05, 0.1) is 12.3 Å². The molecule has 41 heavy (non-hydrogen) atoms. The highest BCUT2D eigenvalue weighted by Gasteiger charge is 2.43. The van der Waals surface area contributed by atoms with Crippen molar-refractivity contribution in [3.63, 3.8) is 0 Å². The van der Waals surface area contributed by atoms with E-state index in [1.807, 2.05) is 35.2 Å². The molecule has 2 aliphatic rings. The van der Waals surface area contributed by atoms with Gasteiger partial charge in [-0.05, 0) is 72.4 Å². The van der Waals surface area contributed by atoms with E-state index in [9.17, 15) is 14.7 Å². The molecule has 12 nitrogen and oxygen atoms in total. The number of anilines is 2. The van der Waals surface area contributed by atoms with Gasteiger partial charge in [-0.3, -0.25) is 0 Å². The number of aliphatic hydroxyl groups is 1. The third-order valence-corrected chi connectivity index (χ3v) is 6.90. The lowest BCUT2D eigenvalue weighted by Gasteiger charge is -2.28. The van der Waals surface area contributed by atoms with Gasteiger partial charge in [0.1, 0.15) is 17.0 Å². The Morgan fingerprint density at radius 1 is 0.951 bits per heavy atom. The van der Waals surface area contributed by atoms with Gasteiger partial charge in [0.2, 0.25) is 5.89 Å². The average molecular weight is 565 g/mol. The lowest BCUT2D eigenvalue weighted by Crippen LogP contribution is -2.44. The first-order valence-electron chi connectivity index (χ1n) is 13.7. The third-order valence-electron chi connectivity index (χ3n) is 6.90. The van der Waals surface area contributed by atoms with Crippen molar-refractivity contribution >= 4 is 23.8 Å². The Balaban J connectivity index is 1.60. The Morgan fingerprint density at radius 2 is 1.59 bits per heavy atom. The number of nitrogens with zero attached hydrogens (tertiary/aromatic N) is 6. The summed E-state index contributed by atoms with van der Waals surface area (Å²) in [5.74, 6) is 1.03. The summed E-state index contributed by atoms with van der Waals surface area (Å²) in [5, 5.41) is 18.8. The Bertz CT molecular complexity index is 1390. The second kappa shape index (κ2) is 10.7. The highest BCUT2D eigenvalue weighted by atomic mass is 16.6. The number of ether oxygens (including phenoxy) is 2. The van der Waals surface area contributed by atoms with Gasteiger partial charge in [-0.2, -0.15) is 4.90 Å². The standard InChI is InChI=1S/C29H36N6O6/c1-28(2,3)40-26(37)35(27(38)41-29(4,5)6)23-22(25-33-32-24(39-25)17-10-8-7-9-11-17)31-21(14-30-23)34-15-18-12-13-20(36)19(18)16-34/h7-11,14,18-20,36H,12-13,15-16H2,1-6H3. The van der Waals surface area contributed by atoms with Crippen molar-refractivity contribution in [1.82, 2.24) is 20.2 Å². The first-order valence-corrected chi connectivity index (χ1v) is 13.7. The number of aromatic nitrogens is 4. The predicted octanol–water partition coefficient (Wildman–Crippen LogP) is 5.08. The van der Waals surface area contributed by atoms with E-state index >= 15 is 0 Å². The summed E-state index contributed by atoms with van der Waals surface area (Å²) in [6.07, 6.45) is 0.895. The maximum atomic E-state index is 13.4. The van der Waals surface area contributed by atoms with Crippen LogP contribution in [0.15, 0.2) is 40.9 Å². The maximum Gasteiger partial charge on any atom is 0.425 e. The lowest BCUT2D eigenvalue weighted by atomic mass is 10.00. The van der Waals surface area contributed by atoms with E-state index < -0.39 is 23.4 Å². The van der Waals surface area contributed by atoms with Crippen molar-refractivity contribution in [2.24, 2.45) is 11.8 Å². The first-order chi connectivity index (χ1) is 19.3. The smallest absolute Gasteiger partial charge is 0.425 e. The van der Waals surface area contributed by atoms with Crippen LogP contribution in [0.25, 0.3) is 23.0 Å². The van der Waals surface area contributed by atoms with E-state index in [4.69, 9.17) is 18.9 Å². The van der Waals surface area contributed by atoms with Crippen molar-refractivity contribution in [2.75, 3.05) is 22.9 Å².